The first-order chi connectivity index (χ1) is 9.54. The van der Waals surface area contributed by atoms with Crippen LogP contribution in [0.1, 0.15) is 17.0 Å². The highest BCUT2D eigenvalue weighted by Gasteiger charge is 2.27. The monoisotopic (exact) mass is 277 g/mol. The van der Waals surface area contributed by atoms with Crippen molar-refractivity contribution in [1.29, 1.82) is 0 Å². The number of ether oxygens (including phenoxy) is 1. The summed E-state index contributed by atoms with van der Waals surface area (Å²) in [6, 6.07) is 13.2. The summed E-state index contributed by atoms with van der Waals surface area (Å²) in [4.78, 5) is 0. The molecule has 3 rings (SSSR count). The van der Waals surface area contributed by atoms with Crippen molar-refractivity contribution in [3.05, 3.63) is 59.7 Å². The third-order valence-electron chi connectivity index (χ3n) is 3.65. The second-order valence-electron chi connectivity index (χ2n) is 5.06. The summed E-state index contributed by atoms with van der Waals surface area (Å²) in [5.74, 6) is 0.567. The average molecular weight is 277 g/mol. The second kappa shape index (κ2) is 4.89. The molecule has 0 aliphatic heterocycles. The van der Waals surface area contributed by atoms with Gasteiger partial charge in [-0.05, 0) is 29.7 Å². The Morgan fingerprint density at radius 1 is 1.05 bits per heavy atom. The molecule has 0 fully saturated rings. The molecule has 5 heteroatoms. The average Bonchev–Trinajstić information content (AvgIpc) is 2.39. The van der Waals surface area contributed by atoms with Gasteiger partial charge in [-0.15, -0.1) is 5.46 Å². The molecule has 104 valence electrons. The molecule has 0 bridgehead atoms. The van der Waals surface area contributed by atoms with E-state index >= 15 is 0 Å². The summed E-state index contributed by atoms with van der Waals surface area (Å²) in [5, 5.41) is 0. The Labute approximate surface area is 115 Å². The number of fused-ring (bicyclic) bond motifs is 1. The van der Waals surface area contributed by atoms with Crippen molar-refractivity contribution in [2.24, 2.45) is 0 Å². The Morgan fingerprint density at radius 3 is 2.60 bits per heavy atom. The predicted molar refractivity (Wildman–Crippen MR) is 73.5 cm³/mol. The van der Waals surface area contributed by atoms with Crippen LogP contribution in [0.2, 0.25) is 0 Å². The van der Waals surface area contributed by atoms with Gasteiger partial charge in [-0.2, -0.15) is 0 Å². The van der Waals surface area contributed by atoms with Gasteiger partial charge in [0.05, 0.1) is 6.61 Å². The summed E-state index contributed by atoms with van der Waals surface area (Å²) in [6.07, 6.45) is 0.930. The lowest BCUT2D eigenvalue weighted by molar-refractivity contribution is 0.275. The lowest BCUT2D eigenvalue weighted by Gasteiger charge is -2.30. The van der Waals surface area contributed by atoms with Crippen LogP contribution >= 0.6 is 0 Å². The summed E-state index contributed by atoms with van der Waals surface area (Å²) in [6.45, 7) is -4.55. The van der Waals surface area contributed by atoms with Crippen molar-refractivity contribution >= 4 is 12.4 Å². The fraction of sp³-hybridized carbons (Fsp3) is 0.200. The Morgan fingerprint density at radius 2 is 1.85 bits per heavy atom. The Hall–Kier alpha value is -1.91. The molecule has 1 aliphatic carbocycles. The molecule has 0 heterocycles. The molecule has 1 unspecified atom stereocenters. The van der Waals surface area contributed by atoms with E-state index in [-0.39, 0.29) is 11.7 Å². The van der Waals surface area contributed by atoms with E-state index in [9.17, 15) is 12.9 Å². The molecule has 20 heavy (non-hydrogen) atoms. The van der Waals surface area contributed by atoms with Crippen LogP contribution in [-0.2, 0) is 6.42 Å². The molecule has 0 spiro atoms. The maximum atomic E-state index is 12.6. The molecule has 0 amide bonds. The van der Waals surface area contributed by atoms with Crippen LogP contribution < -0.4 is 10.2 Å². The van der Waals surface area contributed by atoms with Crippen LogP contribution in [0.15, 0.2) is 48.5 Å². The van der Waals surface area contributed by atoms with Crippen LogP contribution in [-0.4, -0.2) is 13.6 Å². The Balaban J connectivity index is 1.66. The van der Waals surface area contributed by atoms with Crippen LogP contribution in [0, 0.1) is 0 Å². The first-order valence-corrected chi connectivity index (χ1v) is 6.54. The Kier molecular flexibility index (Phi) is 3.20. The van der Waals surface area contributed by atoms with Gasteiger partial charge in [0.25, 0.3) is 0 Å². The largest absolute Gasteiger partial charge is 0.509 e. The van der Waals surface area contributed by atoms with Crippen molar-refractivity contribution in [2.45, 2.75) is 12.3 Å². The fourth-order valence-corrected chi connectivity index (χ4v) is 2.52. The molecule has 0 saturated heterocycles. The van der Waals surface area contributed by atoms with Crippen LogP contribution in [0.4, 0.5) is 12.9 Å². The Bertz CT molecular complexity index is 625. The molecule has 0 radical (unpaired) electrons. The topological polar surface area (TPSA) is 9.23 Å². The van der Waals surface area contributed by atoms with E-state index in [2.05, 4.69) is 6.07 Å². The third-order valence-corrected chi connectivity index (χ3v) is 3.65. The number of hydrogen-bond donors (Lipinski definition) is 0. The fourth-order valence-electron chi connectivity index (χ4n) is 2.52. The van der Waals surface area contributed by atoms with Gasteiger partial charge in [0.15, 0.2) is 0 Å². The van der Waals surface area contributed by atoms with E-state index in [0.29, 0.717) is 6.61 Å². The number of hydrogen-bond acceptors (Lipinski definition) is 1. The van der Waals surface area contributed by atoms with Gasteiger partial charge in [0.1, 0.15) is 5.75 Å². The van der Waals surface area contributed by atoms with Crippen LogP contribution in [0.5, 0.6) is 5.75 Å². The highest BCUT2D eigenvalue weighted by molar-refractivity contribution is 6.73. The van der Waals surface area contributed by atoms with E-state index in [4.69, 9.17) is 4.74 Å². The second-order valence-corrected chi connectivity index (χ2v) is 5.06. The molecule has 2 aromatic carbocycles. The van der Waals surface area contributed by atoms with E-state index in [0.717, 1.165) is 18.6 Å². The maximum Gasteiger partial charge on any atom is 0.509 e. The lowest BCUT2D eigenvalue weighted by Crippen LogP contribution is -2.33. The predicted octanol–water partition coefficient (Wildman–Crippen LogP) is 3.46. The summed E-state index contributed by atoms with van der Waals surface area (Å²) < 4.78 is 43.5. The van der Waals surface area contributed by atoms with E-state index in [1.165, 1.54) is 17.2 Å². The first-order valence-electron chi connectivity index (χ1n) is 6.54. The van der Waals surface area contributed by atoms with Gasteiger partial charge < -0.3 is 17.7 Å². The van der Waals surface area contributed by atoms with Gasteiger partial charge in [-0.3, -0.25) is 0 Å². The van der Waals surface area contributed by atoms with E-state index in [1.807, 2.05) is 18.2 Å². The third kappa shape index (κ3) is 2.53. The zero-order chi connectivity index (χ0) is 14.2. The minimum absolute atomic E-state index is 0.283. The number of rotatable bonds is 4. The minimum Gasteiger partial charge on any atom is -0.493 e. The van der Waals surface area contributed by atoms with Gasteiger partial charge in [0, 0.05) is 5.92 Å². The van der Waals surface area contributed by atoms with Gasteiger partial charge in [-0.25, -0.2) is 0 Å². The summed E-state index contributed by atoms with van der Waals surface area (Å²) in [5.41, 5.74) is 1.92. The van der Waals surface area contributed by atoms with Crippen molar-refractivity contribution in [3.8, 4) is 5.75 Å². The van der Waals surface area contributed by atoms with Gasteiger partial charge in [-0.1, -0.05) is 36.4 Å². The molecule has 0 saturated carbocycles. The molecular weight excluding hydrogens is 264 g/mol. The smallest absolute Gasteiger partial charge is 0.493 e. The molecular formula is C15H13BF3O-. The van der Waals surface area contributed by atoms with Gasteiger partial charge in [0.2, 0.25) is 0 Å². The first kappa shape index (κ1) is 13.1. The zero-order valence-corrected chi connectivity index (χ0v) is 10.7. The van der Waals surface area contributed by atoms with Crippen LogP contribution in [0.25, 0.3) is 0 Å². The standard InChI is InChI=1S/C15H13BF3O/c17-16(18,19)13-5-3-6-14(9-13)20-10-12-8-11-4-1-2-7-15(11)12/h1-7,9,12H,8,10H2/q-1. The van der Waals surface area contributed by atoms with Crippen molar-refractivity contribution in [2.75, 3.05) is 6.61 Å². The molecule has 2 aromatic rings. The number of halogens is 3. The van der Waals surface area contributed by atoms with Crippen molar-refractivity contribution < 1.29 is 17.7 Å². The molecule has 0 aromatic heterocycles. The minimum atomic E-state index is -4.97. The molecule has 0 N–H and O–H groups in total. The molecule has 1 nitrogen and oxygen atoms in total. The maximum absolute atomic E-state index is 12.6. The highest BCUT2D eigenvalue weighted by atomic mass is 19.4. The van der Waals surface area contributed by atoms with Crippen molar-refractivity contribution in [1.82, 2.24) is 0 Å². The van der Waals surface area contributed by atoms with Gasteiger partial charge >= 0.3 is 6.98 Å². The molecule has 1 aliphatic rings. The quantitative estimate of drug-likeness (QED) is 0.778. The van der Waals surface area contributed by atoms with Crippen molar-refractivity contribution in [3.63, 3.8) is 0 Å². The SMILES string of the molecule is F[B-](F)(F)c1cccc(OCC2Cc3ccccc32)c1. The summed E-state index contributed by atoms with van der Waals surface area (Å²) >= 11 is 0. The lowest BCUT2D eigenvalue weighted by atomic mass is 9.78. The molecule has 1 atom stereocenters. The number of benzene rings is 2. The van der Waals surface area contributed by atoms with E-state index in [1.54, 1.807) is 6.07 Å². The zero-order valence-electron chi connectivity index (χ0n) is 10.7. The highest BCUT2D eigenvalue weighted by Crippen LogP contribution is 2.35. The van der Waals surface area contributed by atoms with E-state index < -0.39 is 12.4 Å². The normalized spacial score (nSPS) is 17.2. The summed E-state index contributed by atoms with van der Waals surface area (Å²) in [7, 11) is 0. The van der Waals surface area contributed by atoms with Crippen LogP contribution in [0.3, 0.4) is 0 Å².